The van der Waals surface area contributed by atoms with Crippen molar-refractivity contribution in [1.29, 1.82) is 5.26 Å². The zero-order chi connectivity index (χ0) is 12.4. The van der Waals surface area contributed by atoms with Crippen LogP contribution in [-0.2, 0) is 9.59 Å². The van der Waals surface area contributed by atoms with E-state index in [0.29, 0.717) is 12.8 Å². The number of rotatable bonds is 4. The largest absolute Gasteiger partial charge is 0.370 e. The van der Waals surface area contributed by atoms with E-state index in [2.05, 4.69) is 11.4 Å². The van der Waals surface area contributed by atoms with E-state index in [-0.39, 0.29) is 12.3 Å². The average Bonchev–Trinajstić information content (AvgIpc) is 1.98. The lowest BCUT2D eigenvalue weighted by atomic mass is 9.69. The fourth-order valence-corrected chi connectivity index (χ4v) is 1.83. The zero-order valence-electron chi connectivity index (χ0n) is 9.67. The monoisotopic (exact) mass is 223 g/mol. The number of nitrogens with two attached hydrogens (primary N) is 1. The van der Waals surface area contributed by atoms with Gasteiger partial charge in [0.1, 0.15) is 5.41 Å². The van der Waals surface area contributed by atoms with Crippen molar-refractivity contribution in [2.24, 2.45) is 11.1 Å². The summed E-state index contributed by atoms with van der Waals surface area (Å²) in [6.07, 6.45) is 2.17. The summed E-state index contributed by atoms with van der Waals surface area (Å²) in [5.41, 5.74) is 3.51. The van der Waals surface area contributed by atoms with Crippen molar-refractivity contribution in [2.45, 2.75) is 45.1 Å². The molecule has 0 saturated heterocycles. The Morgan fingerprint density at radius 3 is 2.38 bits per heavy atom. The standard InChI is InChI=1S/C11H17N3O2/c1-10(2,6-8(13)15)14-9(16)11(7-12)4-3-5-11/h3-6H2,1-2H3,(H2,13,15)(H,14,16). The highest BCUT2D eigenvalue weighted by atomic mass is 16.2. The fraction of sp³-hybridized carbons (Fsp3) is 0.727. The predicted octanol–water partition coefficient (Wildman–Crippen LogP) is 0.450. The zero-order valence-corrected chi connectivity index (χ0v) is 9.67. The van der Waals surface area contributed by atoms with Crippen LogP contribution in [0.4, 0.5) is 0 Å². The minimum absolute atomic E-state index is 0.0697. The molecule has 5 heteroatoms. The molecule has 1 aliphatic carbocycles. The molecule has 0 aromatic rings. The summed E-state index contributed by atoms with van der Waals surface area (Å²) in [6, 6.07) is 2.06. The summed E-state index contributed by atoms with van der Waals surface area (Å²) >= 11 is 0. The lowest BCUT2D eigenvalue weighted by Crippen LogP contribution is -2.53. The molecule has 0 aliphatic heterocycles. The van der Waals surface area contributed by atoms with Gasteiger partial charge in [0, 0.05) is 12.0 Å². The summed E-state index contributed by atoms with van der Waals surface area (Å²) in [6.45, 7) is 3.44. The smallest absolute Gasteiger partial charge is 0.240 e. The molecule has 0 aromatic carbocycles. The van der Waals surface area contributed by atoms with Gasteiger partial charge in [0.15, 0.2) is 0 Å². The second kappa shape index (κ2) is 4.12. The molecule has 0 bridgehead atoms. The van der Waals surface area contributed by atoms with Gasteiger partial charge >= 0.3 is 0 Å². The van der Waals surface area contributed by atoms with Crippen molar-refractivity contribution in [3.63, 3.8) is 0 Å². The quantitative estimate of drug-likeness (QED) is 0.724. The van der Waals surface area contributed by atoms with E-state index in [1.807, 2.05) is 0 Å². The number of carbonyl (C=O) groups is 2. The number of carbonyl (C=O) groups excluding carboxylic acids is 2. The molecule has 0 atom stereocenters. The number of nitrogens with zero attached hydrogens (tertiary/aromatic N) is 1. The van der Waals surface area contributed by atoms with Gasteiger partial charge in [-0.1, -0.05) is 0 Å². The van der Waals surface area contributed by atoms with Gasteiger partial charge in [-0.3, -0.25) is 9.59 Å². The number of nitrogens with one attached hydrogen (secondary N) is 1. The van der Waals surface area contributed by atoms with Crippen LogP contribution in [0.2, 0.25) is 0 Å². The number of nitriles is 1. The summed E-state index contributed by atoms with van der Waals surface area (Å²) < 4.78 is 0. The average molecular weight is 223 g/mol. The molecule has 0 aromatic heterocycles. The third-order valence-corrected chi connectivity index (χ3v) is 2.92. The van der Waals surface area contributed by atoms with Crippen molar-refractivity contribution in [3.05, 3.63) is 0 Å². The Hall–Kier alpha value is -1.57. The van der Waals surface area contributed by atoms with Gasteiger partial charge in [0.2, 0.25) is 11.8 Å². The molecular weight excluding hydrogens is 206 g/mol. The van der Waals surface area contributed by atoms with E-state index in [4.69, 9.17) is 11.0 Å². The number of primary amides is 1. The fourth-order valence-electron chi connectivity index (χ4n) is 1.83. The van der Waals surface area contributed by atoms with Crippen molar-refractivity contribution in [2.75, 3.05) is 0 Å². The van der Waals surface area contributed by atoms with Crippen molar-refractivity contribution in [3.8, 4) is 6.07 Å². The number of hydrogen-bond donors (Lipinski definition) is 2. The summed E-state index contributed by atoms with van der Waals surface area (Å²) in [7, 11) is 0. The second-order valence-electron chi connectivity index (χ2n) is 5.03. The van der Waals surface area contributed by atoms with Crippen LogP contribution in [0.15, 0.2) is 0 Å². The molecule has 1 rings (SSSR count). The van der Waals surface area contributed by atoms with Gasteiger partial charge in [0.05, 0.1) is 6.07 Å². The minimum atomic E-state index is -0.880. The molecule has 1 saturated carbocycles. The van der Waals surface area contributed by atoms with Crippen LogP contribution in [0, 0.1) is 16.7 Å². The summed E-state index contributed by atoms with van der Waals surface area (Å²) in [4.78, 5) is 22.7. The highest BCUT2D eigenvalue weighted by molar-refractivity contribution is 5.87. The van der Waals surface area contributed by atoms with E-state index in [1.54, 1.807) is 13.8 Å². The first-order valence-corrected chi connectivity index (χ1v) is 5.33. The van der Waals surface area contributed by atoms with Gasteiger partial charge in [-0.15, -0.1) is 0 Å². The normalized spacial score (nSPS) is 18.1. The van der Waals surface area contributed by atoms with Crippen LogP contribution >= 0.6 is 0 Å². The molecule has 1 aliphatic rings. The van der Waals surface area contributed by atoms with E-state index >= 15 is 0 Å². The van der Waals surface area contributed by atoms with Crippen LogP contribution in [0.5, 0.6) is 0 Å². The molecule has 0 radical (unpaired) electrons. The van der Waals surface area contributed by atoms with Crippen LogP contribution in [0.1, 0.15) is 39.5 Å². The molecular formula is C11H17N3O2. The Bertz CT molecular complexity index is 351. The highest BCUT2D eigenvalue weighted by Gasteiger charge is 2.46. The Morgan fingerprint density at radius 2 is 2.06 bits per heavy atom. The van der Waals surface area contributed by atoms with Crippen molar-refractivity contribution < 1.29 is 9.59 Å². The van der Waals surface area contributed by atoms with Gasteiger partial charge in [-0.2, -0.15) is 5.26 Å². The van der Waals surface area contributed by atoms with Gasteiger partial charge in [-0.25, -0.2) is 0 Å². The summed E-state index contributed by atoms with van der Waals surface area (Å²) in [5, 5.41) is 11.7. The molecule has 0 unspecified atom stereocenters. The number of amides is 2. The predicted molar refractivity (Wildman–Crippen MR) is 57.9 cm³/mol. The van der Waals surface area contributed by atoms with Gasteiger partial charge in [0.25, 0.3) is 0 Å². The second-order valence-corrected chi connectivity index (χ2v) is 5.03. The Kier molecular flexibility index (Phi) is 3.22. The van der Waals surface area contributed by atoms with E-state index in [9.17, 15) is 9.59 Å². The molecule has 3 N–H and O–H groups in total. The Morgan fingerprint density at radius 1 is 1.50 bits per heavy atom. The van der Waals surface area contributed by atoms with Crippen LogP contribution < -0.4 is 11.1 Å². The maximum absolute atomic E-state index is 11.9. The molecule has 5 nitrogen and oxygen atoms in total. The highest BCUT2D eigenvalue weighted by Crippen LogP contribution is 2.40. The van der Waals surface area contributed by atoms with Crippen LogP contribution in [0.25, 0.3) is 0 Å². The van der Waals surface area contributed by atoms with Gasteiger partial charge in [-0.05, 0) is 33.1 Å². The molecule has 0 spiro atoms. The number of hydrogen-bond acceptors (Lipinski definition) is 3. The Labute approximate surface area is 95.0 Å². The minimum Gasteiger partial charge on any atom is -0.370 e. The first-order valence-electron chi connectivity index (χ1n) is 5.33. The van der Waals surface area contributed by atoms with Crippen LogP contribution in [0.3, 0.4) is 0 Å². The molecule has 2 amide bonds. The summed E-state index contributed by atoms with van der Waals surface area (Å²) in [5.74, 6) is -0.752. The molecule has 16 heavy (non-hydrogen) atoms. The lowest BCUT2D eigenvalue weighted by molar-refractivity contribution is -0.133. The van der Waals surface area contributed by atoms with Crippen LogP contribution in [-0.4, -0.2) is 17.4 Å². The molecule has 1 fully saturated rings. The Balaban J connectivity index is 2.64. The maximum atomic E-state index is 11.9. The van der Waals surface area contributed by atoms with E-state index in [0.717, 1.165) is 6.42 Å². The topological polar surface area (TPSA) is 96.0 Å². The first-order chi connectivity index (χ1) is 7.31. The van der Waals surface area contributed by atoms with Gasteiger partial charge < -0.3 is 11.1 Å². The lowest BCUT2D eigenvalue weighted by Gasteiger charge is -2.37. The molecule has 0 heterocycles. The van der Waals surface area contributed by atoms with Crippen molar-refractivity contribution >= 4 is 11.8 Å². The maximum Gasteiger partial charge on any atom is 0.240 e. The molecule has 88 valence electrons. The van der Waals surface area contributed by atoms with Crippen molar-refractivity contribution in [1.82, 2.24) is 5.32 Å². The van der Waals surface area contributed by atoms with E-state index < -0.39 is 16.9 Å². The third kappa shape index (κ3) is 2.51. The first kappa shape index (κ1) is 12.5. The SMILES string of the molecule is CC(C)(CC(N)=O)NC(=O)C1(C#N)CCC1. The third-order valence-electron chi connectivity index (χ3n) is 2.92. The van der Waals surface area contributed by atoms with E-state index in [1.165, 1.54) is 0 Å².